The summed E-state index contributed by atoms with van der Waals surface area (Å²) in [5.74, 6) is -0.439. The summed E-state index contributed by atoms with van der Waals surface area (Å²) in [4.78, 5) is 17.3. The Hall–Kier alpha value is -2.97. The molecule has 0 spiro atoms. The number of nitrogens with zero attached hydrogens (tertiary/aromatic N) is 1. The number of aromatic nitrogens is 2. The van der Waals surface area contributed by atoms with Crippen molar-refractivity contribution < 1.29 is 19.1 Å². The van der Waals surface area contributed by atoms with Gasteiger partial charge in [0.25, 0.3) is 5.91 Å². The second kappa shape index (κ2) is 7.34. The zero-order valence-corrected chi connectivity index (χ0v) is 14.5. The predicted octanol–water partition coefficient (Wildman–Crippen LogP) is 2.98. The molecular weight excluding hydrogens is 351 g/mol. The molecule has 2 aromatic carbocycles. The molecule has 3 aromatic rings. The highest BCUT2D eigenvalue weighted by Crippen LogP contribution is 2.41. The second-order valence-corrected chi connectivity index (χ2v) is 6.46. The monoisotopic (exact) mass is 370 g/mol. The quantitative estimate of drug-likeness (QED) is 0.379. The molecule has 0 saturated heterocycles. The first-order valence-corrected chi connectivity index (χ1v) is 8.73. The third-order valence-corrected chi connectivity index (χ3v) is 4.52. The van der Waals surface area contributed by atoms with Crippen LogP contribution in [0, 0.1) is 5.82 Å². The maximum atomic E-state index is 14.6. The lowest BCUT2D eigenvalue weighted by molar-refractivity contribution is 0.0169. The summed E-state index contributed by atoms with van der Waals surface area (Å²) in [5.41, 5.74) is 4.76. The average molecular weight is 370 g/mol. The molecule has 8 heteroatoms. The van der Waals surface area contributed by atoms with Gasteiger partial charge < -0.3 is 10.4 Å². The lowest BCUT2D eigenvalue weighted by Gasteiger charge is -2.14. The van der Waals surface area contributed by atoms with Gasteiger partial charge in [0.15, 0.2) is 0 Å². The zero-order valence-electron chi connectivity index (χ0n) is 14.5. The maximum absolute atomic E-state index is 14.6. The summed E-state index contributed by atoms with van der Waals surface area (Å²) in [6.07, 6.45) is 3.81. The second-order valence-electron chi connectivity index (χ2n) is 6.46. The molecule has 0 radical (unpaired) electrons. The molecule has 140 valence electrons. The Kier molecular flexibility index (Phi) is 4.74. The van der Waals surface area contributed by atoms with Crippen molar-refractivity contribution in [3.63, 3.8) is 0 Å². The Labute approximate surface area is 154 Å². The van der Waals surface area contributed by atoms with Crippen molar-refractivity contribution in [3.05, 3.63) is 53.5 Å². The molecule has 1 saturated carbocycles. The summed E-state index contributed by atoms with van der Waals surface area (Å²) in [5, 5.41) is 19.4. The van der Waals surface area contributed by atoms with Crippen molar-refractivity contribution in [1.29, 1.82) is 0 Å². The number of hydrogen-bond donors (Lipinski definition) is 4. The number of hydrogen-bond acceptors (Lipinski definition) is 5. The van der Waals surface area contributed by atoms with Crippen LogP contribution in [0.2, 0.25) is 0 Å². The number of carbonyl (C=O) groups is 1. The van der Waals surface area contributed by atoms with Gasteiger partial charge >= 0.3 is 0 Å². The van der Waals surface area contributed by atoms with Crippen molar-refractivity contribution in [2.75, 3.05) is 18.5 Å². The van der Waals surface area contributed by atoms with Gasteiger partial charge in [0.2, 0.25) is 0 Å². The van der Waals surface area contributed by atoms with Crippen LogP contribution in [0.5, 0.6) is 0 Å². The fraction of sp³-hybridized carbons (Fsp3) is 0.263. The molecule has 27 heavy (non-hydrogen) atoms. The van der Waals surface area contributed by atoms with E-state index in [1.807, 2.05) is 6.07 Å². The minimum Gasteiger partial charge on any atom is -0.394 e. The van der Waals surface area contributed by atoms with Crippen LogP contribution in [-0.2, 0) is 4.84 Å². The number of halogens is 1. The van der Waals surface area contributed by atoms with Crippen LogP contribution >= 0.6 is 0 Å². The van der Waals surface area contributed by atoms with Gasteiger partial charge in [0, 0.05) is 5.39 Å². The van der Waals surface area contributed by atoms with Gasteiger partial charge in [-0.15, -0.1) is 0 Å². The number of anilines is 2. The molecule has 7 nitrogen and oxygen atoms in total. The van der Waals surface area contributed by atoms with Gasteiger partial charge in [0.05, 0.1) is 41.9 Å². The van der Waals surface area contributed by atoms with Crippen molar-refractivity contribution in [3.8, 4) is 0 Å². The Morgan fingerprint density at radius 3 is 2.93 bits per heavy atom. The Balaban J connectivity index is 1.67. The van der Waals surface area contributed by atoms with E-state index in [9.17, 15) is 9.18 Å². The molecule has 0 aliphatic heterocycles. The van der Waals surface area contributed by atoms with Crippen molar-refractivity contribution >= 4 is 28.2 Å². The average Bonchev–Trinajstić information content (AvgIpc) is 3.40. The number of rotatable bonds is 7. The zero-order chi connectivity index (χ0) is 18.8. The molecular formula is C19H19FN4O3. The lowest BCUT2D eigenvalue weighted by Crippen LogP contribution is -2.26. The summed E-state index contributed by atoms with van der Waals surface area (Å²) in [6.45, 7) is -0.248. The van der Waals surface area contributed by atoms with Crippen LogP contribution in [-0.4, -0.2) is 34.4 Å². The molecule has 1 aliphatic carbocycles. The smallest absolute Gasteiger partial charge is 0.277 e. The number of aliphatic hydroxyl groups excluding tert-OH is 1. The SMILES string of the molecule is O=C(NOCCO)c1ccc2cn[nH]c2c1Nc1ccc(C2CC2)cc1F. The normalized spacial score (nSPS) is 13.7. The number of nitrogens with one attached hydrogen (secondary N) is 3. The van der Waals surface area contributed by atoms with E-state index in [2.05, 4.69) is 21.0 Å². The van der Waals surface area contributed by atoms with E-state index < -0.39 is 5.91 Å². The molecule has 1 amide bonds. The molecule has 0 unspecified atom stereocenters. The van der Waals surface area contributed by atoms with E-state index in [1.54, 1.807) is 24.4 Å². The van der Waals surface area contributed by atoms with Crippen molar-refractivity contribution in [1.82, 2.24) is 15.7 Å². The molecule has 4 N–H and O–H groups in total. The summed E-state index contributed by atoms with van der Waals surface area (Å²) in [6, 6.07) is 8.46. The minimum atomic E-state index is -0.516. The maximum Gasteiger partial charge on any atom is 0.277 e. The predicted molar refractivity (Wildman–Crippen MR) is 98.3 cm³/mol. The molecule has 1 aliphatic rings. The molecule has 0 atom stereocenters. The third kappa shape index (κ3) is 3.62. The van der Waals surface area contributed by atoms with Gasteiger partial charge in [0.1, 0.15) is 5.82 Å². The Bertz CT molecular complexity index is 984. The highest BCUT2D eigenvalue weighted by Gasteiger charge is 2.24. The third-order valence-electron chi connectivity index (χ3n) is 4.52. The van der Waals surface area contributed by atoms with Crippen LogP contribution in [0.15, 0.2) is 36.5 Å². The molecule has 1 heterocycles. The number of aromatic amines is 1. The highest BCUT2D eigenvalue weighted by molar-refractivity contribution is 6.07. The number of hydroxylamine groups is 1. The molecule has 1 aromatic heterocycles. The fourth-order valence-corrected chi connectivity index (χ4v) is 2.99. The summed E-state index contributed by atoms with van der Waals surface area (Å²) >= 11 is 0. The van der Waals surface area contributed by atoms with E-state index in [4.69, 9.17) is 9.94 Å². The minimum absolute atomic E-state index is 0.0297. The number of fused-ring (bicyclic) bond motifs is 1. The standard InChI is InChI=1S/C19H19FN4O3/c20-15-9-12(11-1-2-11)4-6-16(15)22-18-14(19(26)24-27-8-7-25)5-3-13-10-21-23-17(13)18/h3-6,9-11,22,25H,1-2,7-8H2,(H,21,23)(H,24,26). The van der Waals surface area contributed by atoms with E-state index in [-0.39, 0.29) is 30.3 Å². The van der Waals surface area contributed by atoms with E-state index in [1.165, 1.54) is 6.07 Å². The van der Waals surface area contributed by atoms with Gasteiger partial charge in [-0.2, -0.15) is 5.10 Å². The largest absolute Gasteiger partial charge is 0.394 e. The first-order valence-electron chi connectivity index (χ1n) is 8.73. The van der Waals surface area contributed by atoms with Crippen molar-refractivity contribution in [2.24, 2.45) is 0 Å². The lowest BCUT2D eigenvalue weighted by atomic mass is 10.1. The first kappa shape index (κ1) is 17.4. The number of benzene rings is 2. The van der Waals surface area contributed by atoms with E-state index in [0.717, 1.165) is 23.8 Å². The Morgan fingerprint density at radius 2 is 2.19 bits per heavy atom. The van der Waals surface area contributed by atoms with Crippen LogP contribution in [0.3, 0.4) is 0 Å². The summed E-state index contributed by atoms with van der Waals surface area (Å²) in [7, 11) is 0. The van der Waals surface area contributed by atoms with E-state index in [0.29, 0.717) is 17.1 Å². The number of H-pyrrole nitrogens is 1. The topological polar surface area (TPSA) is 99.3 Å². The Morgan fingerprint density at radius 1 is 1.33 bits per heavy atom. The van der Waals surface area contributed by atoms with Gasteiger partial charge in [-0.25, -0.2) is 9.87 Å². The number of aliphatic hydroxyl groups is 1. The molecule has 4 rings (SSSR count). The van der Waals surface area contributed by atoms with Crippen LogP contribution in [0.25, 0.3) is 10.9 Å². The highest BCUT2D eigenvalue weighted by atomic mass is 19.1. The fourth-order valence-electron chi connectivity index (χ4n) is 2.99. The van der Waals surface area contributed by atoms with Gasteiger partial charge in [-0.1, -0.05) is 12.1 Å². The van der Waals surface area contributed by atoms with E-state index >= 15 is 0 Å². The number of carbonyl (C=O) groups excluding carboxylic acids is 1. The summed E-state index contributed by atoms with van der Waals surface area (Å²) < 4.78 is 14.6. The van der Waals surface area contributed by atoms with Gasteiger partial charge in [-0.3, -0.25) is 14.7 Å². The molecule has 1 fully saturated rings. The van der Waals surface area contributed by atoms with Crippen LogP contribution < -0.4 is 10.8 Å². The number of amides is 1. The van der Waals surface area contributed by atoms with Crippen LogP contribution in [0.4, 0.5) is 15.8 Å². The molecule has 0 bridgehead atoms. The van der Waals surface area contributed by atoms with Crippen LogP contribution in [0.1, 0.15) is 34.7 Å². The van der Waals surface area contributed by atoms with Crippen molar-refractivity contribution in [2.45, 2.75) is 18.8 Å². The van der Waals surface area contributed by atoms with Gasteiger partial charge in [-0.05, 0) is 42.5 Å². The first-order chi connectivity index (χ1) is 13.2.